The molecule has 3 aliphatic carbocycles. The summed E-state index contributed by atoms with van der Waals surface area (Å²) in [6.07, 6.45) is 8.30. The van der Waals surface area contributed by atoms with Gasteiger partial charge in [-0.3, -0.25) is 9.59 Å². The number of ether oxygens (including phenoxy) is 1. The highest BCUT2D eigenvalue weighted by Crippen LogP contribution is 2.68. The molecule has 0 radical (unpaired) electrons. The molecule has 2 N–H and O–H groups in total. The third kappa shape index (κ3) is 2.02. The monoisotopic (exact) mass is 372 g/mol. The first kappa shape index (κ1) is 15.9. The van der Waals surface area contributed by atoms with Crippen LogP contribution >= 0.6 is 0 Å². The Bertz CT molecular complexity index is 1170. The van der Waals surface area contributed by atoms with Gasteiger partial charge >= 0.3 is 0 Å². The van der Waals surface area contributed by atoms with Gasteiger partial charge in [-0.15, -0.1) is 0 Å². The SMILES string of the molecule is COc1ccc2[nH]c(C(=O)C3NC4=CC5=C(CC46CC36)C(=O)CC=C5)cc2c1. The molecule has 5 heteroatoms. The van der Waals surface area contributed by atoms with E-state index in [-0.39, 0.29) is 28.9 Å². The van der Waals surface area contributed by atoms with Crippen molar-refractivity contribution < 1.29 is 14.3 Å². The first-order valence-corrected chi connectivity index (χ1v) is 9.72. The van der Waals surface area contributed by atoms with Crippen LogP contribution in [-0.4, -0.2) is 29.7 Å². The summed E-state index contributed by atoms with van der Waals surface area (Å²) in [5.74, 6) is 1.36. The zero-order valence-electron chi connectivity index (χ0n) is 15.5. The number of ketones is 2. The number of aromatic nitrogens is 1. The molecule has 4 aliphatic rings. The molecule has 1 saturated heterocycles. The van der Waals surface area contributed by atoms with Gasteiger partial charge in [-0.05, 0) is 54.7 Å². The molecule has 1 aromatic heterocycles. The number of methoxy groups -OCH3 is 1. The molecular formula is C23H20N2O3. The second-order valence-electron chi connectivity index (χ2n) is 8.29. The molecule has 1 saturated carbocycles. The maximum absolute atomic E-state index is 13.3. The molecule has 6 rings (SSSR count). The summed E-state index contributed by atoms with van der Waals surface area (Å²) in [5, 5.41) is 4.45. The maximum Gasteiger partial charge on any atom is 0.201 e. The van der Waals surface area contributed by atoms with Crippen molar-refractivity contribution in [3.05, 3.63) is 65.0 Å². The van der Waals surface area contributed by atoms with Crippen LogP contribution in [0, 0.1) is 11.3 Å². The van der Waals surface area contributed by atoms with Gasteiger partial charge in [-0.1, -0.05) is 12.2 Å². The lowest BCUT2D eigenvalue weighted by atomic mass is 9.80. The fourth-order valence-corrected chi connectivity index (χ4v) is 5.25. The van der Waals surface area contributed by atoms with Gasteiger partial charge in [-0.2, -0.15) is 0 Å². The highest BCUT2D eigenvalue weighted by atomic mass is 16.5. The van der Waals surface area contributed by atoms with Crippen molar-refractivity contribution in [2.75, 3.05) is 7.11 Å². The van der Waals surface area contributed by atoms with Gasteiger partial charge < -0.3 is 15.0 Å². The predicted octanol–water partition coefficient (Wildman–Crippen LogP) is 3.45. The number of carbonyl (C=O) groups excluding carboxylic acids is 2. The maximum atomic E-state index is 13.3. The zero-order valence-corrected chi connectivity index (χ0v) is 15.5. The summed E-state index contributed by atoms with van der Waals surface area (Å²) in [6.45, 7) is 0. The Labute approximate surface area is 162 Å². The minimum absolute atomic E-state index is 0.0325. The minimum Gasteiger partial charge on any atom is -0.497 e. The Hall–Kier alpha value is -3.08. The highest BCUT2D eigenvalue weighted by Gasteiger charge is 2.67. The van der Waals surface area contributed by atoms with Crippen molar-refractivity contribution in [3.8, 4) is 5.75 Å². The standard InChI is InChI=1S/C23H20N2O3/c1-28-14-5-6-17-13(7-14)8-18(24-17)22(27)21-16-11-23(16)10-15-12(9-20(23)25-21)3-2-4-19(15)26/h2-3,5-9,16,21,24-25H,4,10-11H2,1H3. The number of aromatic amines is 1. The first-order valence-electron chi connectivity index (χ1n) is 9.72. The van der Waals surface area contributed by atoms with E-state index in [9.17, 15) is 9.59 Å². The molecular weight excluding hydrogens is 352 g/mol. The minimum atomic E-state index is -0.235. The largest absolute Gasteiger partial charge is 0.497 e. The van der Waals surface area contributed by atoms with E-state index in [0.29, 0.717) is 12.1 Å². The van der Waals surface area contributed by atoms with Crippen molar-refractivity contribution in [1.29, 1.82) is 0 Å². The van der Waals surface area contributed by atoms with Crippen LogP contribution in [0.3, 0.4) is 0 Å². The zero-order chi connectivity index (χ0) is 19.0. The highest BCUT2D eigenvalue weighted by molar-refractivity contribution is 6.04. The van der Waals surface area contributed by atoms with E-state index in [1.165, 1.54) is 0 Å². The van der Waals surface area contributed by atoms with Crippen LogP contribution in [0.5, 0.6) is 5.75 Å². The normalized spacial score (nSPS) is 29.8. The summed E-state index contributed by atoms with van der Waals surface area (Å²) >= 11 is 0. The number of nitrogens with one attached hydrogen (secondary N) is 2. The van der Waals surface area contributed by atoms with Gasteiger partial charge in [0.2, 0.25) is 5.78 Å². The quantitative estimate of drug-likeness (QED) is 0.810. The van der Waals surface area contributed by atoms with Crippen molar-refractivity contribution >= 4 is 22.5 Å². The van der Waals surface area contributed by atoms with Gasteiger partial charge in [0, 0.05) is 34.0 Å². The molecule has 1 aliphatic heterocycles. The molecule has 5 nitrogen and oxygen atoms in total. The number of fused-ring (bicyclic) bond motifs is 1. The Kier molecular flexibility index (Phi) is 2.99. The predicted molar refractivity (Wildman–Crippen MR) is 105 cm³/mol. The van der Waals surface area contributed by atoms with Crippen LogP contribution in [0.15, 0.2) is 59.3 Å². The fourth-order valence-electron chi connectivity index (χ4n) is 5.25. The van der Waals surface area contributed by atoms with E-state index in [4.69, 9.17) is 4.74 Å². The van der Waals surface area contributed by atoms with Crippen LogP contribution in [-0.2, 0) is 4.79 Å². The van der Waals surface area contributed by atoms with Crippen LogP contribution in [0.1, 0.15) is 29.8 Å². The Balaban J connectivity index is 1.32. The summed E-state index contributed by atoms with van der Waals surface area (Å²) in [7, 11) is 1.64. The third-order valence-electron chi connectivity index (χ3n) is 6.84. The number of benzene rings is 1. The Morgan fingerprint density at radius 2 is 2.18 bits per heavy atom. The van der Waals surface area contributed by atoms with E-state index < -0.39 is 0 Å². The summed E-state index contributed by atoms with van der Waals surface area (Å²) in [6, 6.07) is 7.42. The third-order valence-corrected chi connectivity index (χ3v) is 6.84. The average molecular weight is 372 g/mol. The second kappa shape index (κ2) is 5.25. The van der Waals surface area contributed by atoms with Crippen LogP contribution in [0.2, 0.25) is 0 Å². The molecule has 1 aromatic carbocycles. The molecule has 140 valence electrons. The lowest BCUT2D eigenvalue weighted by Gasteiger charge is -2.26. The average Bonchev–Trinajstić information content (AvgIpc) is 3.10. The molecule has 2 heterocycles. The molecule has 2 aromatic rings. The number of rotatable bonds is 3. The number of hydrogen-bond acceptors (Lipinski definition) is 4. The number of hydrogen-bond donors (Lipinski definition) is 2. The van der Waals surface area contributed by atoms with Gasteiger partial charge in [0.05, 0.1) is 18.8 Å². The Morgan fingerprint density at radius 3 is 3.04 bits per heavy atom. The number of Topliss-reactive ketones (excluding diaryl/α,β-unsaturated/α-hetero) is 2. The van der Waals surface area contributed by atoms with Gasteiger partial charge in [-0.25, -0.2) is 0 Å². The molecule has 28 heavy (non-hydrogen) atoms. The van der Waals surface area contributed by atoms with Crippen molar-refractivity contribution in [3.63, 3.8) is 0 Å². The smallest absolute Gasteiger partial charge is 0.201 e. The molecule has 3 unspecified atom stereocenters. The molecule has 1 spiro atoms. The fraction of sp³-hybridized carbons (Fsp3) is 0.304. The van der Waals surface area contributed by atoms with Gasteiger partial charge in [0.15, 0.2) is 5.78 Å². The first-order chi connectivity index (χ1) is 13.6. The lowest BCUT2D eigenvalue weighted by Crippen LogP contribution is -2.34. The summed E-state index contributed by atoms with van der Waals surface area (Å²) < 4.78 is 5.28. The van der Waals surface area contributed by atoms with E-state index in [1.807, 2.05) is 36.4 Å². The Morgan fingerprint density at radius 1 is 1.29 bits per heavy atom. The summed E-state index contributed by atoms with van der Waals surface area (Å²) in [4.78, 5) is 28.9. The van der Waals surface area contributed by atoms with Gasteiger partial charge in [0.1, 0.15) is 5.75 Å². The number of allylic oxidation sites excluding steroid dienone is 6. The topological polar surface area (TPSA) is 71.2 Å². The van der Waals surface area contributed by atoms with E-state index in [2.05, 4.69) is 16.4 Å². The van der Waals surface area contributed by atoms with E-state index in [1.54, 1.807) is 7.11 Å². The lowest BCUT2D eigenvalue weighted by molar-refractivity contribution is -0.115. The number of piperidine rings is 1. The van der Waals surface area contributed by atoms with Crippen LogP contribution in [0.4, 0.5) is 0 Å². The van der Waals surface area contributed by atoms with E-state index in [0.717, 1.165) is 46.3 Å². The van der Waals surface area contributed by atoms with Crippen molar-refractivity contribution in [1.82, 2.24) is 10.3 Å². The second-order valence-corrected chi connectivity index (χ2v) is 8.29. The van der Waals surface area contributed by atoms with Crippen LogP contribution in [0.25, 0.3) is 10.9 Å². The molecule has 0 amide bonds. The van der Waals surface area contributed by atoms with Gasteiger partial charge in [0.25, 0.3) is 0 Å². The van der Waals surface area contributed by atoms with Crippen molar-refractivity contribution in [2.24, 2.45) is 11.3 Å². The number of H-pyrrole nitrogens is 1. The number of carbonyl (C=O) groups is 2. The van der Waals surface area contributed by atoms with Crippen molar-refractivity contribution in [2.45, 2.75) is 25.3 Å². The summed E-state index contributed by atoms with van der Waals surface area (Å²) in [5.41, 5.74) is 4.61. The van der Waals surface area contributed by atoms with Crippen LogP contribution < -0.4 is 10.1 Å². The van der Waals surface area contributed by atoms with E-state index >= 15 is 0 Å². The molecule has 3 atom stereocenters. The molecule has 0 bridgehead atoms. The molecule has 2 fully saturated rings.